The minimum Gasteiger partial charge on any atom is -0.330 e. The van der Waals surface area contributed by atoms with Crippen LogP contribution in [0.25, 0.3) is 0 Å². The molecule has 0 atom stereocenters. The van der Waals surface area contributed by atoms with E-state index in [1.165, 1.54) is 24.4 Å². The highest BCUT2D eigenvalue weighted by atomic mass is 35.5. The lowest BCUT2D eigenvalue weighted by atomic mass is 10.3. The van der Waals surface area contributed by atoms with E-state index in [1.54, 1.807) is 15.5 Å². The van der Waals surface area contributed by atoms with Crippen LogP contribution in [-0.4, -0.2) is 57.8 Å². The van der Waals surface area contributed by atoms with Crippen molar-refractivity contribution in [3.8, 4) is 0 Å². The zero-order valence-corrected chi connectivity index (χ0v) is 17.1. The van der Waals surface area contributed by atoms with Gasteiger partial charge in [0.15, 0.2) is 0 Å². The van der Waals surface area contributed by atoms with Crippen LogP contribution in [0.4, 0.5) is 10.1 Å². The summed E-state index contributed by atoms with van der Waals surface area (Å²) in [6.07, 6.45) is 4.87. The molecule has 154 valence electrons. The first kappa shape index (κ1) is 21.0. The lowest BCUT2D eigenvalue weighted by molar-refractivity contribution is -0.127. The number of carbonyl (C=O) groups excluding carboxylic acids is 2. The van der Waals surface area contributed by atoms with Crippen LogP contribution in [-0.2, 0) is 17.9 Å². The number of nitrogens with one attached hydrogen (secondary N) is 1. The number of likely N-dealkylation sites (N-methyl/N-ethyl adjacent to an activating group) is 1. The Bertz CT molecular complexity index is 943. The van der Waals surface area contributed by atoms with Crippen molar-refractivity contribution in [3.63, 3.8) is 0 Å². The molecule has 0 bridgehead atoms. The van der Waals surface area contributed by atoms with Crippen molar-refractivity contribution in [2.45, 2.75) is 20.0 Å². The van der Waals surface area contributed by atoms with E-state index in [1.807, 2.05) is 13.1 Å². The fraction of sp³-hybridized carbons (Fsp3) is 0.350. The molecule has 1 N–H and O–H groups in total. The third-order valence-electron chi connectivity index (χ3n) is 4.83. The number of carbonyl (C=O) groups is 2. The Morgan fingerprint density at radius 3 is 2.93 bits per heavy atom. The Kier molecular flexibility index (Phi) is 6.66. The van der Waals surface area contributed by atoms with Crippen LogP contribution in [0.15, 0.2) is 36.5 Å². The zero-order chi connectivity index (χ0) is 21.0. The molecule has 0 radical (unpaired) electrons. The van der Waals surface area contributed by atoms with Crippen molar-refractivity contribution in [1.29, 1.82) is 0 Å². The van der Waals surface area contributed by atoms with E-state index in [2.05, 4.69) is 22.1 Å². The van der Waals surface area contributed by atoms with Crippen molar-refractivity contribution in [1.82, 2.24) is 19.4 Å². The van der Waals surface area contributed by atoms with Gasteiger partial charge in [-0.1, -0.05) is 30.7 Å². The summed E-state index contributed by atoms with van der Waals surface area (Å²) in [5.41, 5.74) is 0.537. The Labute approximate surface area is 173 Å². The van der Waals surface area contributed by atoms with Crippen LogP contribution in [0.3, 0.4) is 0 Å². The number of halogens is 2. The normalized spacial score (nSPS) is 13.8. The summed E-state index contributed by atoms with van der Waals surface area (Å²) >= 11 is 5.90. The molecular formula is C20H23ClFN5O2. The second kappa shape index (κ2) is 9.19. The van der Waals surface area contributed by atoms with Gasteiger partial charge in [0.05, 0.1) is 23.5 Å². The molecule has 1 aliphatic heterocycles. The average molecular weight is 420 g/mol. The largest absolute Gasteiger partial charge is 0.330 e. The summed E-state index contributed by atoms with van der Waals surface area (Å²) < 4.78 is 15.3. The molecular weight excluding hydrogens is 397 g/mol. The molecule has 0 unspecified atom stereocenters. The van der Waals surface area contributed by atoms with E-state index in [9.17, 15) is 14.0 Å². The van der Waals surface area contributed by atoms with Crippen LogP contribution in [0.1, 0.15) is 23.2 Å². The van der Waals surface area contributed by atoms with Crippen LogP contribution < -0.4 is 5.32 Å². The number of benzene rings is 1. The number of fused-ring (bicyclic) bond motifs is 1. The molecule has 3 rings (SSSR count). The smallest absolute Gasteiger partial charge is 0.273 e. The van der Waals surface area contributed by atoms with Crippen molar-refractivity contribution in [2.75, 3.05) is 32.0 Å². The van der Waals surface area contributed by atoms with Crippen LogP contribution >= 0.6 is 11.6 Å². The molecule has 2 aromatic rings. The Morgan fingerprint density at radius 2 is 2.17 bits per heavy atom. The first-order chi connectivity index (χ1) is 13.9. The van der Waals surface area contributed by atoms with Crippen molar-refractivity contribution < 1.29 is 14.0 Å². The van der Waals surface area contributed by atoms with E-state index >= 15 is 0 Å². The molecule has 0 aliphatic carbocycles. The first-order valence-electron chi connectivity index (χ1n) is 9.34. The Morgan fingerprint density at radius 1 is 1.38 bits per heavy atom. The summed E-state index contributed by atoms with van der Waals surface area (Å²) in [6.45, 7) is 4.90. The molecule has 0 fully saturated rings. The van der Waals surface area contributed by atoms with Crippen LogP contribution in [0, 0.1) is 5.82 Å². The summed E-state index contributed by atoms with van der Waals surface area (Å²) in [5, 5.41) is 2.47. The molecule has 0 saturated heterocycles. The maximum absolute atomic E-state index is 13.6. The van der Waals surface area contributed by atoms with Crippen LogP contribution in [0.2, 0.25) is 5.02 Å². The van der Waals surface area contributed by atoms with E-state index in [4.69, 9.17) is 11.6 Å². The fourth-order valence-electron chi connectivity index (χ4n) is 2.98. The molecule has 1 aromatic carbocycles. The number of aromatic nitrogens is 2. The van der Waals surface area contributed by atoms with E-state index in [0.29, 0.717) is 37.7 Å². The van der Waals surface area contributed by atoms with Crippen molar-refractivity contribution >= 4 is 29.1 Å². The van der Waals surface area contributed by atoms with Crippen molar-refractivity contribution in [3.05, 3.63) is 58.9 Å². The first-order valence-corrected chi connectivity index (χ1v) is 9.72. The molecule has 0 saturated carbocycles. The Balaban J connectivity index is 1.66. The number of rotatable bonds is 6. The van der Waals surface area contributed by atoms with Gasteiger partial charge in [0.1, 0.15) is 17.3 Å². The molecule has 1 aromatic heterocycles. The maximum atomic E-state index is 13.6. The highest BCUT2D eigenvalue weighted by Gasteiger charge is 2.25. The lowest BCUT2D eigenvalue weighted by Gasteiger charge is -2.27. The quantitative estimate of drug-likeness (QED) is 0.731. The predicted octanol–water partition coefficient (Wildman–Crippen LogP) is 2.78. The highest BCUT2D eigenvalue weighted by Crippen LogP contribution is 2.25. The number of hydrogen-bond donors (Lipinski definition) is 1. The van der Waals surface area contributed by atoms with Gasteiger partial charge in [-0.15, -0.1) is 0 Å². The summed E-state index contributed by atoms with van der Waals surface area (Å²) in [6, 6.07) is 4.22. The van der Waals surface area contributed by atoms with Gasteiger partial charge in [-0.25, -0.2) is 9.37 Å². The maximum Gasteiger partial charge on any atom is 0.273 e. The number of imidazole rings is 1. The van der Waals surface area contributed by atoms with Gasteiger partial charge >= 0.3 is 0 Å². The van der Waals surface area contributed by atoms with Crippen LogP contribution in [0.5, 0.6) is 0 Å². The van der Waals surface area contributed by atoms with Gasteiger partial charge in [0.2, 0.25) is 5.91 Å². The van der Waals surface area contributed by atoms with Gasteiger partial charge < -0.3 is 19.7 Å². The van der Waals surface area contributed by atoms with Gasteiger partial charge in [-0.3, -0.25) is 9.59 Å². The van der Waals surface area contributed by atoms with E-state index in [0.717, 1.165) is 6.54 Å². The standard InChI is InChI=1S/C20H23ClFN5O2/c1-3-25(2)9-5-8-18(28)26-10-11-27-16(12-23-17(27)13-26)20(29)24-15-7-4-6-14(22)19(15)21/h4-8,12H,3,9-11,13H2,1-2H3,(H,24,29)/b8-5+. The third-order valence-corrected chi connectivity index (χ3v) is 5.21. The molecule has 7 nitrogen and oxygen atoms in total. The van der Waals surface area contributed by atoms with Crippen molar-refractivity contribution in [2.24, 2.45) is 0 Å². The summed E-state index contributed by atoms with van der Waals surface area (Å²) in [5.74, 6) is -0.494. The fourth-order valence-corrected chi connectivity index (χ4v) is 3.16. The van der Waals surface area contributed by atoms with Gasteiger partial charge in [-0.05, 0) is 25.7 Å². The number of hydrogen-bond acceptors (Lipinski definition) is 4. The Hall–Kier alpha value is -2.71. The molecule has 1 aliphatic rings. The molecule has 2 amide bonds. The number of anilines is 1. The zero-order valence-electron chi connectivity index (χ0n) is 16.4. The summed E-state index contributed by atoms with van der Waals surface area (Å²) in [4.78, 5) is 33.1. The second-order valence-corrected chi connectivity index (χ2v) is 7.16. The minimum atomic E-state index is -0.605. The monoisotopic (exact) mass is 419 g/mol. The van der Waals surface area contributed by atoms with Gasteiger partial charge in [0.25, 0.3) is 5.91 Å². The molecule has 9 heteroatoms. The average Bonchev–Trinajstić information content (AvgIpc) is 3.14. The number of nitrogens with zero attached hydrogens (tertiary/aromatic N) is 4. The predicted molar refractivity (Wildman–Crippen MR) is 109 cm³/mol. The molecule has 0 spiro atoms. The molecule has 2 heterocycles. The topological polar surface area (TPSA) is 70.5 Å². The highest BCUT2D eigenvalue weighted by molar-refractivity contribution is 6.34. The summed E-state index contributed by atoms with van der Waals surface area (Å²) in [7, 11) is 1.98. The lowest BCUT2D eigenvalue weighted by Crippen LogP contribution is -2.38. The SMILES string of the molecule is CCN(C)C/C=C/C(=O)N1CCn2c(C(=O)Nc3cccc(F)c3Cl)cnc2C1. The minimum absolute atomic E-state index is 0.0821. The van der Waals surface area contributed by atoms with E-state index < -0.39 is 11.7 Å². The molecule has 29 heavy (non-hydrogen) atoms. The second-order valence-electron chi connectivity index (χ2n) is 6.78. The third kappa shape index (κ3) is 4.83. The van der Waals surface area contributed by atoms with E-state index in [-0.39, 0.29) is 16.6 Å². The number of amides is 2. The van der Waals surface area contributed by atoms with Gasteiger partial charge in [0, 0.05) is 25.7 Å². The van der Waals surface area contributed by atoms with Gasteiger partial charge in [-0.2, -0.15) is 0 Å².